The molecule has 3 aromatic rings. The van der Waals surface area contributed by atoms with Crippen LogP contribution in [0.5, 0.6) is 5.75 Å². The number of halogens is 2. The number of aliphatic hydroxyl groups is 1. The first-order chi connectivity index (χ1) is 14.0. The maximum Gasteiger partial charge on any atom is 0.130 e. The molecule has 3 nitrogen and oxygen atoms in total. The second kappa shape index (κ2) is 8.49. The fraction of sp³-hybridized carbons (Fsp3) is 0.250. The first kappa shape index (κ1) is 20.4. The van der Waals surface area contributed by atoms with Crippen LogP contribution in [0, 0.1) is 0 Å². The summed E-state index contributed by atoms with van der Waals surface area (Å²) in [6.07, 6.45) is 1.83. The molecule has 1 aliphatic heterocycles. The Morgan fingerprint density at radius 2 is 1.55 bits per heavy atom. The normalized spacial score (nSPS) is 17.6. The minimum Gasteiger partial charge on any atom is -0.508 e. The van der Waals surface area contributed by atoms with Gasteiger partial charge in [0, 0.05) is 22.6 Å². The van der Waals surface area contributed by atoms with Crippen LogP contribution in [0.25, 0.3) is 0 Å². The number of phenolic OH excluding ortho intramolecular Hbond substituents is 1. The van der Waals surface area contributed by atoms with Crippen LogP contribution in [-0.4, -0.2) is 27.7 Å². The van der Waals surface area contributed by atoms with E-state index in [-0.39, 0.29) is 11.8 Å². The minimum atomic E-state index is -1.16. The van der Waals surface area contributed by atoms with E-state index in [9.17, 15) is 10.2 Å². The molecule has 0 aromatic heterocycles. The molecule has 1 saturated heterocycles. The van der Waals surface area contributed by atoms with Crippen molar-refractivity contribution < 1.29 is 10.2 Å². The van der Waals surface area contributed by atoms with Crippen molar-refractivity contribution in [1.82, 2.24) is 4.90 Å². The zero-order valence-electron chi connectivity index (χ0n) is 15.9. The molecule has 0 saturated carbocycles. The SMILES string of the molecule is Oc1ccc(Br)c(Cl)c1CN1CCC[C@H]1C(O)(c1ccccc1)c1ccccc1. The number of nitrogens with zero attached hydrogens (tertiary/aromatic N) is 1. The lowest BCUT2D eigenvalue weighted by molar-refractivity contribution is -0.00672. The van der Waals surface area contributed by atoms with Crippen LogP contribution in [0.1, 0.15) is 29.5 Å². The number of hydrogen-bond donors (Lipinski definition) is 2. The summed E-state index contributed by atoms with van der Waals surface area (Å²) >= 11 is 9.92. The highest BCUT2D eigenvalue weighted by atomic mass is 79.9. The molecule has 1 fully saturated rings. The highest BCUT2D eigenvalue weighted by molar-refractivity contribution is 9.10. The molecule has 3 aromatic carbocycles. The first-order valence-corrected chi connectivity index (χ1v) is 10.9. The average molecular weight is 473 g/mol. The van der Waals surface area contributed by atoms with Gasteiger partial charge < -0.3 is 10.2 Å². The largest absolute Gasteiger partial charge is 0.508 e. The Balaban J connectivity index is 1.76. The van der Waals surface area contributed by atoms with Crippen molar-refractivity contribution >= 4 is 27.5 Å². The monoisotopic (exact) mass is 471 g/mol. The topological polar surface area (TPSA) is 43.7 Å². The molecule has 1 aliphatic rings. The Morgan fingerprint density at radius 3 is 2.14 bits per heavy atom. The van der Waals surface area contributed by atoms with Crippen LogP contribution in [-0.2, 0) is 12.1 Å². The molecule has 0 spiro atoms. The Kier molecular flexibility index (Phi) is 5.98. The lowest BCUT2D eigenvalue weighted by atomic mass is 9.79. The van der Waals surface area contributed by atoms with E-state index >= 15 is 0 Å². The summed E-state index contributed by atoms with van der Waals surface area (Å²) in [5.74, 6) is 0.173. The lowest BCUT2D eigenvalue weighted by Crippen LogP contribution is -2.48. The van der Waals surface area contributed by atoms with Crippen LogP contribution in [0.3, 0.4) is 0 Å². The number of benzene rings is 3. The van der Waals surface area contributed by atoms with Crippen LogP contribution in [0.15, 0.2) is 77.3 Å². The van der Waals surface area contributed by atoms with Crippen molar-refractivity contribution in [3.63, 3.8) is 0 Å². The van der Waals surface area contributed by atoms with Gasteiger partial charge in [0.15, 0.2) is 0 Å². The van der Waals surface area contributed by atoms with Crippen LogP contribution in [0.2, 0.25) is 5.02 Å². The summed E-state index contributed by atoms with van der Waals surface area (Å²) in [7, 11) is 0. The van der Waals surface area contributed by atoms with Crippen LogP contribution < -0.4 is 0 Å². The summed E-state index contributed by atoms with van der Waals surface area (Å²) in [5, 5.41) is 23.1. The van der Waals surface area contributed by atoms with E-state index in [4.69, 9.17) is 11.6 Å². The van der Waals surface area contributed by atoms with Crippen molar-refractivity contribution in [3.8, 4) is 5.75 Å². The zero-order chi connectivity index (χ0) is 20.4. The second-order valence-corrected chi connectivity index (χ2v) is 8.72. The van der Waals surface area contributed by atoms with Gasteiger partial charge in [0.05, 0.1) is 5.02 Å². The number of likely N-dealkylation sites (tertiary alicyclic amines) is 1. The van der Waals surface area contributed by atoms with Crippen LogP contribution >= 0.6 is 27.5 Å². The smallest absolute Gasteiger partial charge is 0.130 e. The Labute approximate surface area is 184 Å². The fourth-order valence-electron chi connectivity index (χ4n) is 4.36. The molecular formula is C24H23BrClNO2. The Bertz CT molecular complexity index is 941. The van der Waals surface area contributed by atoms with E-state index in [2.05, 4.69) is 20.8 Å². The van der Waals surface area contributed by atoms with Crippen molar-refractivity contribution in [2.24, 2.45) is 0 Å². The van der Waals surface area contributed by atoms with Gasteiger partial charge in [-0.1, -0.05) is 72.3 Å². The van der Waals surface area contributed by atoms with Gasteiger partial charge in [-0.05, 0) is 58.6 Å². The van der Waals surface area contributed by atoms with Gasteiger partial charge in [0.25, 0.3) is 0 Å². The molecule has 0 amide bonds. The fourth-order valence-corrected chi connectivity index (χ4v) is 4.95. The average Bonchev–Trinajstić information content (AvgIpc) is 3.23. The third kappa shape index (κ3) is 3.82. The predicted molar refractivity (Wildman–Crippen MR) is 120 cm³/mol. The van der Waals surface area contributed by atoms with Gasteiger partial charge in [-0.2, -0.15) is 0 Å². The van der Waals surface area contributed by atoms with E-state index in [0.29, 0.717) is 17.1 Å². The van der Waals surface area contributed by atoms with Gasteiger partial charge in [-0.15, -0.1) is 0 Å². The standard InChI is InChI=1S/C24H23BrClNO2/c25-20-13-14-21(28)19(23(20)26)16-27-15-7-12-22(27)24(29,17-8-3-1-4-9-17)18-10-5-2-6-11-18/h1-6,8-11,13-14,22,28-29H,7,12,15-16H2/t22-/m0/s1. The Morgan fingerprint density at radius 1 is 0.966 bits per heavy atom. The number of rotatable bonds is 5. The third-order valence-corrected chi connectivity index (χ3v) is 7.13. The zero-order valence-corrected chi connectivity index (χ0v) is 18.3. The molecule has 1 atom stereocenters. The van der Waals surface area contributed by atoms with E-state index in [0.717, 1.165) is 35.0 Å². The second-order valence-electron chi connectivity index (χ2n) is 7.49. The maximum atomic E-state index is 12.1. The molecule has 150 valence electrons. The highest BCUT2D eigenvalue weighted by Crippen LogP contribution is 2.42. The van der Waals surface area contributed by atoms with E-state index in [1.807, 2.05) is 60.7 Å². The molecule has 0 bridgehead atoms. The van der Waals surface area contributed by atoms with Gasteiger partial charge in [0.1, 0.15) is 11.4 Å². The highest BCUT2D eigenvalue weighted by Gasteiger charge is 2.45. The van der Waals surface area contributed by atoms with E-state index in [1.165, 1.54) is 0 Å². The molecule has 0 aliphatic carbocycles. The summed E-state index contributed by atoms with van der Waals surface area (Å²) in [6.45, 7) is 1.30. The number of hydrogen-bond acceptors (Lipinski definition) is 3. The van der Waals surface area contributed by atoms with E-state index in [1.54, 1.807) is 12.1 Å². The van der Waals surface area contributed by atoms with E-state index < -0.39 is 5.60 Å². The van der Waals surface area contributed by atoms with Crippen molar-refractivity contribution in [1.29, 1.82) is 0 Å². The summed E-state index contributed by atoms with van der Waals surface area (Å²) in [4.78, 5) is 2.23. The summed E-state index contributed by atoms with van der Waals surface area (Å²) in [6, 6.07) is 22.9. The predicted octanol–water partition coefficient (Wildman–Crippen LogP) is 5.71. The molecule has 29 heavy (non-hydrogen) atoms. The van der Waals surface area contributed by atoms with Crippen molar-refractivity contribution in [2.45, 2.75) is 31.0 Å². The maximum absolute atomic E-state index is 12.1. The van der Waals surface area contributed by atoms with Gasteiger partial charge in [0.2, 0.25) is 0 Å². The van der Waals surface area contributed by atoms with Gasteiger partial charge >= 0.3 is 0 Å². The quantitative estimate of drug-likeness (QED) is 0.500. The van der Waals surface area contributed by atoms with Crippen LogP contribution in [0.4, 0.5) is 0 Å². The van der Waals surface area contributed by atoms with Crippen molar-refractivity contribution in [3.05, 3.63) is 99.0 Å². The molecular weight excluding hydrogens is 450 g/mol. The van der Waals surface area contributed by atoms with Gasteiger partial charge in [-0.25, -0.2) is 0 Å². The molecule has 0 unspecified atom stereocenters. The molecule has 0 radical (unpaired) electrons. The molecule has 4 rings (SSSR count). The molecule has 1 heterocycles. The van der Waals surface area contributed by atoms with Gasteiger partial charge in [-0.3, -0.25) is 4.90 Å². The summed E-state index contributed by atoms with van der Waals surface area (Å²) < 4.78 is 0.754. The third-order valence-electron chi connectivity index (χ3n) is 5.81. The Hall–Kier alpha value is -1.85. The lowest BCUT2D eigenvalue weighted by Gasteiger charge is -2.40. The number of aromatic hydroxyl groups is 1. The molecule has 2 N–H and O–H groups in total. The molecule has 5 heteroatoms. The first-order valence-electron chi connectivity index (χ1n) is 9.75. The minimum absolute atomic E-state index is 0.137. The summed E-state index contributed by atoms with van der Waals surface area (Å²) in [5.41, 5.74) is 1.25. The van der Waals surface area contributed by atoms with Crippen molar-refractivity contribution in [2.75, 3.05) is 6.54 Å². The number of phenols is 1.